The summed E-state index contributed by atoms with van der Waals surface area (Å²) in [5.41, 5.74) is 0.238. The Morgan fingerprint density at radius 3 is 1.88 bits per heavy atom. The molecule has 1 nitrogen and oxygen atoms in total. The second-order valence-corrected chi connectivity index (χ2v) is 8.16. The average molecular weight is 357 g/mol. The first-order valence-corrected chi connectivity index (χ1v) is 10.2. The maximum Gasteiger partial charge on any atom is 0.144 e. The predicted molar refractivity (Wildman–Crippen MR) is 101 cm³/mol. The molecule has 2 fully saturated rings. The summed E-state index contributed by atoms with van der Waals surface area (Å²) >= 11 is 0. The lowest BCUT2D eigenvalue weighted by Crippen LogP contribution is -2.14. The summed E-state index contributed by atoms with van der Waals surface area (Å²) in [5, 5.41) is 8.79. The Morgan fingerprint density at radius 2 is 1.42 bits per heavy atom. The van der Waals surface area contributed by atoms with Crippen LogP contribution in [0.1, 0.15) is 81.8 Å². The lowest BCUT2D eigenvalue weighted by molar-refractivity contribution is 0.301. The van der Waals surface area contributed by atoms with Crippen molar-refractivity contribution in [1.29, 1.82) is 5.26 Å². The molecule has 0 atom stereocenters. The molecule has 26 heavy (non-hydrogen) atoms. The molecule has 1 aromatic rings. The molecule has 0 N–H and O–H groups in total. The maximum atomic E-state index is 13.8. The molecule has 0 aromatic heterocycles. The molecule has 3 rings (SSSR count). The van der Waals surface area contributed by atoms with Crippen molar-refractivity contribution in [3.63, 3.8) is 0 Å². The minimum absolute atomic E-state index is 0.205. The second kappa shape index (κ2) is 8.80. The number of halogens is 2. The fraction of sp³-hybridized carbons (Fsp3) is 0.609. The maximum absolute atomic E-state index is 13.8. The highest BCUT2D eigenvalue weighted by Gasteiger charge is 2.24. The van der Waals surface area contributed by atoms with Gasteiger partial charge in [0.2, 0.25) is 0 Å². The van der Waals surface area contributed by atoms with Crippen molar-refractivity contribution in [1.82, 2.24) is 0 Å². The molecule has 0 unspecified atom stereocenters. The third-order valence-corrected chi connectivity index (χ3v) is 6.54. The van der Waals surface area contributed by atoms with Gasteiger partial charge in [-0.15, -0.1) is 0 Å². The van der Waals surface area contributed by atoms with Gasteiger partial charge in [-0.2, -0.15) is 5.26 Å². The van der Waals surface area contributed by atoms with Gasteiger partial charge in [0.1, 0.15) is 23.3 Å². The first kappa shape index (κ1) is 19.1. The highest BCUT2D eigenvalue weighted by Crippen LogP contribution is 2.38. The van der Waals surface area contributed by atoms with Crippen LogP contribution in [-0.4, -0.2) is 0 Å². The third kappa shape index (κ3) is 4.53. The molecule has 140 valence electrons. The van der Waals surface area contributed by atoms with Crippen LogP contribution in [0.3, 0.4) is 0 Å². The van der Waals surface area contributed by atoms with Gasteiger partial charge in [-0.05, 0) is 92.7 Å². The second-order valence-electron chi connectivity index (χ2n) is 8.16. The SMILES string of the molecule is CC[C@H]1CC[C@H](/C=C/C2CCC(c3cc(F)c(C#N)c(F)c3)CC2)CC1. The van der Waals surface area contributed by atoms with Gasteiger partial charge < -0.3 is 0 Å². The molecule has 0 heterocycles. The Hall–Kier alpha value is -1.69. The minimum atomic E-state index is -0.729. The van der Waals surface area contributed by atoms with Crippen LogP contribution in [0.5, 0.6) is 0 Å². The summed E-state index contributed by atoms with van der Waals surface area (Å²) in [6.07, 6.45) is 15.6. The van der Waals surface area contributed by atoms with Gasteiger partial charge in [-0.1, -0.05) is 25.5 Å². The van der Waals surface area contributed by atoms with Crippen molar-refractivity contribution in [2.24, 2.45) is 17.8 Å². The summed E-state index contributed by atoms with van der Waals surface area (Å²) in [7, 11) is 0. The number of hydrogen-bond donors (Lipinski definition) is 0. The summed E-state index contributed by atoms with van der Waals surface area (Å²) in [4.78, 5) is 0. The number of nitriles is 1. The Balaban J connectivity index is 1.52. The van der Waals surface area contributed by atoms with Crippen LogP contribution in [0.15, 0.2) is 24.3 Å². The summed E-state index contributed by atoms with van der Waals surface area (Å²) in [6, 6.07) is 4.31. The Kier molecular flexibility index (Phi) is 6.46. The van der Waals surface area contributed by atoms with Crippen LogP contribution in [0.25, 0.3) is 0 Å². The van der Waals surface area contributed by atoms with Gasteiger partial charge in [0.05, 0.1) is 0 Å². The first-order valence-electron chi connectivity index (χ1n) is 10.2. The van der Waals surface area contributed by atoms with Crippen molar-refractivity contribution in [2.75, 3.05) is 0 Å². The number of rotatable bonds is 4. The molecule has 2 saturated carbocycles. The zero-order valence-electron chi connectivity index (χ0n) is 15.7. The number of allylic oxidation sites excluding steroid dienone is 2. The van der Waals surface area contributed by atoms with Gasteiger partial charge in [0.25, 0.3) is 0 Å². The lowest BCUT2D eigenvalue weighted by atomic mass is 9.77. The van der Waals surface area contributed by atoms with E-state index in [9.17, 15) is 8.78 Å². The van der Waals surface area contributed by atoms with E-state index < -0.39 is 17.2 Å². The van der Waals surface area contributed by atoms with E-state index in [1.807, 2.05) is 0 Å². The Morgan fingerprint density at radius 1 is 0.923 bits per heavy atom. The Labute approximate surface area is 156 Å². The monoisotopic (exact) mass is 357 g/mol. The molecule has 0 bridgehead atoms. The van der Waals surface area contributed by atoms with Crippen LogP contribution in [-0.2, 0) is 0 Å². The highest BCUT2D eigenvalue weighted by atomic mass is 19.1. The standard InChI is InChI=1S/C23H29F2N/c1-2-16-3-5-17(6-4-16)7-8-18-9-11-19(12-10-18)20-13-22(24)21(15-26)23(25)14-20/h7-8,13-14,16-19H,2-6,9-12H2,1H3/b8-7+/t16-,17-,18?,19?. The van der Waals surface area contributed by atoms with Gasteiger partial charge in [0.15, 0.2) is 0 Å². The van der Waals surface area contributed by atoms with Crippen LogP contribution >= 0.6 is 0 Å². The van der Waals surface area contributed by atoms with E-state index in [-0.39, 0.29) is 5.92 Å². The zero-order valence-corrected chi connectivity index (χ0v) is 15.7. The van der Waals surface area contributed by atoms with E-state index in [2.05, 4.69) is 19.1 Å². The van der Waals surface area contributed by atoms with E-state index >= 15 is 0 Å². The van der Waals surface area contributed by atoms with Crippen LogP contribution in [0.4, 0.5) is 8.78 Å². The smallest absolute Gasteiger partial charge is 0.144 e. The zero-order chi connectivity index (χ0) is 18.5. The van der Waals surface area contributed by atoms with Crippen molar-refractivity contribution < 1.29 is 8.78 Å². The molecule has 0 radical (unpaired) electrons. The molecule has 0 aliphatic heterocycles. The van der Waals surface area contributed by atoms with Crippen molar-refractivity contribution in [3.8, 4) is 6.07 Å². The predicted octanol–water partition coefficient (Wildman–Crippen LogP) is 6.88. The van der Waals surface area contributed by atoms with Gasteiger partial charge in [-0.3, -0.25) is 0 Å². The molecule has 0 amide bonds. The topological polar surface area (TPSA) is 23.8 Å². The third-order valence-electron chi connectivity index (χ3n) is 6.54. The highest BCUT2D eigenvalue weighted by molar-refractivity contribution is 5.36. The Bertz CT molecular complexity index is 649. The van der Waals surface area contributed by atoms with E-state index in [1.54, 1.807) is 6.07 Å². The molecular weight excluding hydrogens is 328 g/mol. The summed E-state index contributed by atoms with van der Waals surface area (Å²) in [6.45, 7) is 2.30. The minimum Gasteiger partial charge on any atom is -0.205 e. The van der Waals surface area contributed by atoms with Crippen LogP contribution in [0.2, 0.25) is 0 Å². The van der Waals surface area contributed by atoms with E-state index in [0.29, 0.717) is 11.5 Å². The largest absolute Gasteiger partial charge is 0.205 e. The van der Waals surface area contributed by atoms with Crippen LogP contribution in [0, 0.1) is 40.7 Å². The summed E-state index contributed by atoms with van der Waals surface area (Å²) < 4.78 is 27.7. The van der Waals surface area contributed by atoms with Gasteiger partial charge in [0, 0.05) is 0 Å². The fourth-order valence-electron chi connectivity index (χ4n) is 4.68. The van der Waals surface area contributed by atoms with Crippen molar-refractivity contribution in [3.05, 3.63) is 47.0 Å². The molecule has 1 aromatic carbocycles. The molecular formula is C23H29F2N. The first-order chi connectivity index (χ1) is 12.6. The lowest BCUT2D eigenvalue weighted by Gasteiger charge is -2.29. The molecule has 0 saturated heterocycles. The normalized spacial score (nSPS) is 29.6. The number of hydrogen-bond acceptors (Lipinski definition) is 1. The van der Waals surface area contributed by atoms with E-state index in [1.165, 1.54) is 44.2 Å². The average Bonchev–Trinajstić information content (AvgIpc) is 2.67. The number of nitrogens with zero attached hydrogens (tertiary/aromatic N) is 1. The van der Waals surface area contributed by atoms with Crippen molar-refractivity contribution in [2.45, 2.75) is 70.6 Å². The van der Waals surface area contributed by atoms with E-state index in [4.69, 9.17) is 5.26 Å². The van der Waals surface area contributed by atoms with Gasteiger partial charge >= 0.3 is 0 Å². The quantitative estimate of drug-likeness (QED) is 0.539. The molecule has 0 spiro atoms. The number of benzene rings is 1. The van der Waals surface area contributed by atoms with Crippen molar-refractivity contribution >= 4 is 0 Å². The van der Waals surface area contributed by atoms with Gasteiger partial charge in [-0.25, -0.2) is 8.78 Å². The summed E-state index contributed by atoms with van der Waals surface area (Å²) in [5.74, 6) is 1.03. The van der Waals surface area contributed by atoms with E-state index in [0.717, 1.165) is 37.5 Å². The fourth-order valence-corrected chi connectivity index (χ4v) is 4.68. The molecule has 2 aliphatic rings. The van der Waals surface area contributed by atoms with Crippen LogP contribution < -0.4 is 0 Å². The molecule has 2 aliphatic carbocycles. The molecule has 3 heteroatoms.